The molecule has 1 rings (SSSR count). The smallest absolute Gasteiger partial charge is 0.252 e. The normalized spacial score (nSPS) is 11.6. The van der Waals surface area contributed by atoms with E-state index >= 15 is 0 Å². The van der Waals surface area contributed by atoms with Gasteiger partial charge in [-0.2, -0.15) is 0 Å². The van der Waals surface area contributed by atoms with E-state index in [2.05, 4.69) is 26.1 Å². The molecular formula is C17H27NO2. The highest BCUT2D eigenvalue weighted by Crippen LogP contribution is 2.26. The van der Waals surface area contributed by atoms with Gasteiger partial charge < -0.3 is 10.4 Å². The summed E-state index contributed by atoms with van der Waals surface area (Å²) in [7, 11) is 0. The SMILES string of the molecule is Cc1c(C)c(C)c(C(=O)NC(C)(C)CCO)c(C)c1C. The Morgan fingerprint density at radius 2 is 1.35 bits per heavy atom. The maximum absolute atomic E-state index is 12.6. The van der Waals surface area contributed by atoms with Crippen LogP contribution >= 0.6 is 0 Å². The molecule has 0 saturated heterocycles. The van der Waals surface area contributed by atoms with Crippen LogP contribution in [0, 0.1) is 34.6 Å². The highest BCUT2D eigenvalue weighted by Gasteiger charge is 2.24. The lowest BCUT2D eigenvalue weighted by Crippen LogP contribution is -2.44. The molecule has 0 aliphatic heterocycles. The number of amides is 1. The molecule has 1 aromatic carbocycles. The number of benzene rings is 1. The van der Waals surface area contributed by atoms with E-state index in [0.29, 0.717) is 6.42 Å². The molecule has 0 bridgehead atoms. The molecule has 2 N–H and O–H groups in total. The predicted octanol–water partition coefficient (Wildman–Crippen LogP) is 3.12. The average molecular weight is 277 g/mol. The van der Waals surface area contributed by atoms with E-state index in [9.17, 15) is 4.79 Å². The summed E-state index contributed by atoms with van der Waals surface area (Å²) in [5, 5.41) is 12.1. The van der Waals surface area contributed by atoms with Crippen molar-refractivity contribution in [1.82, 2.24) is 5.32 Å². The van der Waals surface area contributed by atoms with Crippen LogP contribution in [0.4, 0.5) is 0 Å². The Labute approximate surface area is 122 Å². The zero-order valence-electron chi connectivity index (χ0n) is 13.8. The van der Waals surface area contributed by atoms with Crippen LogP contribution in [0.5, 0.6) is 0 Å². The van der Waals surface area contributed by atoms with Gasteiger partial charge in [0.2, 0.25) is 0 Å². The van der Waals surface area contributed by atoms with Crippen molar-refractivity contribution in [2.75, 3.05) is 6.61 Å². The Morgan fingerprint density at radius 1 is 0.950 bits per heavy atom. The maximum Gasteiger partial charge on any atom is 0.252 e. The highest BCUT2D eigenvalue weighted by atomic mass is 16.3. The van der Waals surface area contributed by atoms with Crippen LogP contribution in [0.3, 0.4) is 0 Å². The van der Waals surface area contributed by atoms with Crippen molar-refractivity contribution >= 4 is 5.91 Å². The number of carbonyl (C=O) groups is 1. The van der Waals surface area contributed by atoms with Gasteiger partial charge in [-0.25, -0.2) is 0 Å². The van der Waals surface area contributed by atoms with Crippen molar-refractivity contribution in [2.45, 2.75) is 60.4 Å². The molecule has 0 saturated carbocycles. The molecule has 0 aliphatic rings. The molecule has 0 heterocycles. The van der Waals surface area contributed by atoms with Crippen molar-refractivity contribution in [3.05, 3.63) is 33.4 Å². The molecule has 0 spiro atoms. The number of rotatable bonds is 4. The Bertz CT molecular complexity index is 501. The first-order valence-electron chi connectivity index (χ1n) is 7.12. The summed E-state index contributed by atoms with van der Waals surface area (Å²) in [5.74, 6) is -0.0512. The molecule has 3 heteroatoms. The van der Waals surface area contributed by atoms with E-state index in [1.54, 1.807) is 0 Å². The number of hydrogen-bond acceptors (Lipinski definition) is 2. The third-order valence-corrected chi connectivity index (χ3v) is 4.42. The molecule has 0 radical (unpaired) electrons. The summed E-state index contributed by atoms with van der Waals surface area (Å²) < 4.78 is 0. The second-order valence-corrected chi connectivity index (χ2v) is 6.31. The minimum atomic E-state index is -0.405. The van der Waals surface area contributed by atoms with Gasteiger partial charge in [-0.15, -0.1) is 0 Å². The lowest BCUT2D eigenvalue weighted by atomic mass is 9.88. The Morgan fingerprint density at radius 3 is 1.75 bits per heavy atom. The highest BCUT2D eigenvalue weighted by molar-refractivity contribution is 5.98. The van der Waals surface area contributed by atoms with Crippen molar-refractivity contribution < 1.29 is 9.90 Å². The minimum absolute atomic E-state index is 0.0512. The quantitative estimate of drug-likeness (QED) is 0.888. The van der Waals surface area contributed by atoms with Crippen molar-refractivity contribution in [1.29, 1.82) is 0 Å². The molecule has 3 nitrogen and oxygen atoms in total. The fourth-order valence-electron chi connectivity index (χ4n) is 2.55. The standard InChI is InChI=1S/C17H27NO2/c1-10-11(2)13(4)15(14(5)12(10)3)16(20)18-17(6,7)8-9-19/h19H,8-9H2,1-7H3,(H,18,20). The summed E-state index contributed by atoms with van der Waals surface area (Å²) >= 11 is 0. The van der Waals surface area contributed by atoms with Gasteiger partial charge in [0.15, 0.2) is 0 Å². The van der Waals surface area contributed by atoms with Crippen molar-refractivity contribution in [3.63, 3.8) is 0 Å². The summed E-state index contributed by atoms with van der Waals surface area (Å²) in [4.78, 5) is 12.6. The van der Waals surface area contributed by atoms with Crippen LogP contribution in [0.15, 0.2) is 0 Å². The van der Waals surface area contributed by atoms with E-state index in [4.69, 9.17) is 5.11 Å². The first-order valence-corrected chi connectivity index (χ1v) is 7.12. The molecule has 112 valence electrons. The van der Waals surface area contributed by atoms with Gasteiger partial charge in [0.1, 0.15) is 0 Å². The number of aliphatic hydroxyl groups excluding tert-OH is 1. The summed E-state index contributed by atoms with van der Waals surface area (Å²) in [6.07, 6.45) is 0.542. The van der Waals surface area contributed by atoms with Gasteiger partial charge in [-0.1, -0.05) is 0 Å². The second kappa shape index (κ2) is 5.96. The minimum Gasteiger partial charge on any atom is -0.396 e. The molecule has 1 aromatic rings. The van der Waals surface area contributed by atoms with E-state index in [0.717, 1.165) is 16.7 Å². The van der Waals surface area contributed by atoms with Gasteiger partial charge in [-0.05, 0) is 82.7 Å². The van der Waals surface area contributed by atoms with Gasteiger partial charge in [0.05, 0.1) is 0 Å². The molecule has 0 aromatic heterocycles. The van der Waals surface area contributed by atoms with E-state index in [1.165, 1.54) is 16.7 Å². The maximum atomic E-state index is 12.6. The zero-order valence-corrected chi connectivity index (χ0v) is 13.8. The van der Waals surface area contributed by atoms with Gasteiger partial charge in [-0.3, -0.25) is 4.79 Å². The number of hydrogen-bond donors (Lipinski definition) is 2. The van der Waals surface area contributed by atoms with Gasteiger partial charge in [0, 0.05) is 17.7 Å². The topological polar surface area (TPSA) is 49.3 Å². The van der Waals surface area contributed by atoms with E-state index in [-0.39, 0.29) is 12.5 Å². The Balaban J connectivity index is 3.24. The summed E-state index contributed by atoms with van der Waals surface area (Å²) in [6, 6.07) is 0. The fraction of sp³-hybridized carbons (Fsp3) is 0.588. The molecule has 0 unspecified atom stereocenters. The summed E-state index contributed by atoms with van der Waals surface area (Å²) in [6.45, 7) is 14.2. The lowest BCUT2D eigenvalue weighted by molar-refractivity contribution is 0.0898. The fourth-order valence-corrected chi connectivity index (χ4v) is 2.55. The molecule has 0 fully saturated rings. The number of carbonyl (C=O) groups excluding carboxylic acids is 1. The molecule has 1 amide bonds. The average Bonchev–Trinajstić information content (AvgIpc) is 2.33. The van der Waals surface area contributed by atoms with Crippen LogP contribution in [-0.2, 0) is 0 Å². The third-order valence-electron chi connectivity index (χ3n) is 4.42. The van der Waals surface area contributed by atoms with Crippen LogP contribution in [-0.4, -0.2) is 23.2 Å². The first-order chi connectivity index (χ1) is 9.12. The number of nitrogens with one attached hydrogen (secondary N) is 1. The monoisotopic (exact) mass is 277 g/mol. The zero-order chi connectivity index (χ0) is 15.7. The molecule has 0 aliphatic carbocycles. The second-order valence-electron chi connectivity index (χ2n) is 6.31. The van der Waals surface area contributed by atoms with Crippen molar-refractivity contribution in [2.24, 2.45) is 0 Å². The molecule has 0 atom stereocenters. The molecular weight excluding hydrogens is 250 g/mol. The van der Waals surface area contributed by atoms with Crippen molar-refractivity contribution in [3.8, 4) is 0 Å². The molecule has 20 heavy (non-hydrogen) atoms. The largest absolute Gasteiger partial charge is 0.396 e. The Kier molecular flexibility index (Phi) is 4.98. The van der Waals surface area contributed by atoms with Crippen LogP contribution in [0.1, 0.15) is 58.4 Å². The van der Waals surface area contributed by atoms with Gasteiger partial charge >= 0.3 is 0 Å². The van der Waals surface area contributed by atoms with E-state index < -0.39 is 5.54 Å². The van der Waals surface area contributed by atoms with E-state index in [1.807, 2.05) is 27.7 Å². The lowest BCUT2D eigenvalue weighted by Gasteiger charge is -2.27. The third kappa shape index (κ3) is 3.21. The first kappa shape index (κ1) is 16.7. The summed E-state index contributed by atoms with van der Waals surface area (Å²) in [5.41, 5.74) is 6.07. The van der Waals surface area contributed by atoms with Crippen LogP contribution in [0.25, 0.3) is 0 Å². The van der Waals surface area contributed by atoms with Crippen LogP contribution in [0.2, 0.25) is 0 Å². The van der Waals surface area contributed by atoms with Crippen LogP contribution < -0.4 is 5.32 Å². The number of aliphatic hydroxyl groups is 1. The van der Waals surface area contributed by atoms with Gasteiger partial charge in [0.25, 0.3) is 5.91 Å². The predicted molar refractivity (Wildman–Crippen MR) is 83.4 cm³/mol. The Hall–Kier alpha value is -1.35.